The topological polar surface area (TPSA) is 9.23 Å². The zero-order valence-electron chi connectivity index (χ0n) is 14.9. The number of allylic oxidation sites excluding steroid dienone is 2. The second-order valence-corrected chi connectivity index (χ2v) is 7.34. The second-order valence-electron chi connectivity index (χ2n) is 6.91. The molecule has 0 aliphatic heterocycles. The Morgan fingerprint density at radius 2 is 1.63 bits per heavy atom. The molecule has 1 nitrogen and oxygen atoms in total. The van der Waals surface area contributed by atoms with Gasteiger partial charge in [-0.2, -0.15) is 0 Å². The Bertz CT molecular complexity index is 944. The average molecular weight is 379 g/mol. The van der Waals surface area contributed by atoms with Gasteiger partial charge in [0, 0.05) is 10.4 Å². The lowest BCUT2D eigenvalue weighted by atomic mass is 9.93. The smallest absolute Gasteiger partial charge is 0.127 e. The van der Waals surface area contributed by atoms with Gasteiger partial charge in [0.25, 0.3) is 0 Å². The fraction of sp³-hybridized carbons (Fsp3) is 0.167. The van der Waals surface area contributed by atoms with Crippen molar-refractivity contribution in [3.63, 3.8) is 0 Å². The maximum Gasteiger partial charge on any atom is 0.127 e. The monoisotopic (exact) mass is 378 g/mol. The van der Waals surface area contributed by atoms with E-state index in [9.17, 15) is 4.39 Å². The number of rotatable bonds is 6. The number of halogens is 2. The summed E-state index contributed by atoms with van der Waals surface area (Å²) in [4.78, 5) is 0. The predicted octanol–water partition coefficient (Wildman–Crippen LogP) is 7.26. The SMILES string of the molecule is F/C(=C/Cc1cccc(Oc2ccccc2)c1)C1(c2ccc(Cl)cc2)CC1. The Kier molecular flexibility index (Phi) is 5.00. The first-order valence-corrected chi connectivity index (χ1v) is 9.48. The van der Waals surface area contributed by atoms with Crippen LogP contribution in [0.3, 0.4) is 0 Å². The third-order valence-electron chi connectivity index (χ3n) is 5.00. The normalized spacial score (nSPS) is 15.4. The predicted molar refractivity (Wildman–Crippen MR) is 108 cm³/mol. The lowest BCUT2D eigenvalue weighted by Crippen LogP contribution is -2.07. The van der Waals surface area contributed by atoms with Crippen molar-refractivity contribution in [3.05, 3.63) is 107 Å². The maximum absolute atomic E-state index is 15.0. The molecule has 3 aromatic rings. The van der Waals surface area contributed by atoms with Gasteiger partial charge >= 0.3 is 0 Å². The van der Waals surface area contributed by atoms with Crippen LogP contribution in [-0.4, -0.2) is 0 Å². The van der Waals surface area contributed by atoms with E-state index in [1.165, 1.54) is 0 Å². The van der Waals surface area contributed by atoms with Crippen LogP contribution in [0.15, 0.2) is 90.8 Å². The Morgan fingerprint density at radius 3 is 2.33 bits per heavy atom. The molecule has 1 fully saturated rings. The molecule has 0 saturated heterocycles. The number of benzene rings is 3. The van der Waals surface area contributed by atoms with Crippen LogP contribution in [0.2, 0.25) is 5.02 Å². The van der Waals surface area contributed by atoms with Crippen molar-refractivity contribution in [2.75, 3.05) is 0 Å². The van der Waals surface area contributed by atoms with Gasteiger partial charge in [0.15, 0.2) is 0 Å². The van der Waals surface area contributed by atoms with E-state index in [4.69, 9.17) is 16.3 Å². The standard InChI is InChI=1S/C24H20ClFO/c25-20-12-10-19(11-13-20)24(15-16-24)23(26)14-9-18-5-4-8-22(17-18)27-21-6-2-1-3-7-21/h1-8,10-14,17H,9,15-16H2/b23-14+. The van der Waals surface area contributed by atoms with E-state index in [0.717, 1.165) is 35.5 Å². The molecular formula is C24H20ClFO. The van der Waals surface area contributed by atoms with E-state index in [-0.39, 0.29) is 5.83 Å². The van der Waals surface area contributed by atoms with Gasteiger partial charge in [-0.15, -0.1) is 0 Å². The molecule has 3 heteroatoms. The summed E-state index contributed by atoms with van der Waals surface area (Å²) in [5, 5.41) is 0.675. The summed E-state index contributed by atoms with van der Waals surface area (Å²) in [6, 6.07) is 24.9. The summed E-state index contributed by atoms with van der Waals surface area (Å²) in [5.41, 5.74) is 1.57. The summed E-state index contributed by atoms with van der Waals surface area (Å²) in [5.74, 6) is 1.49. The highest BCUT2D eigenvalue weighted by Crippen LogP contribution is 2.54. The number of hydrogen-bond acceptors (Lipinski definition) is 1. The zero-order valence-corrected chi connectivity index (χ0v) is 15.6. The van der Waals surface area contributed by atoms with E-state index < -0.39 is 5.41 Å². The van der Waals surface area contributed by atoms with Gasteiger partial charge in [-0.3, -0.25) is 0 Å². The van der Waals surface area contributed by atoms with Crippen molar-refractivity contribution in [2.24, 2.45) is 0 Å². The van der Waals surface area contributed by atoms with E-state index in [1.807, 2.05) is 78.9 Å². The molecule has 1 aliphatic rings. The molecule has 4 rings (SSSR count). The minimum absolute atomic E-state index is 0.0563. The van der Waals surface area contributed by atoms with Crippen molar-refractivity contribution < 1.29 is 9.13 Å². The molecule has 0 spiro atoms. The molecule has 3 aromatic carbocycles. The highest BCUT2D eigenvalue weighted by Gasteiger charge is 2.48. The highest BCUT2D eigenvalue weighted by molar-refractivity contribution is 6.30. The van der Waals surface area contributed by atoms with Crippen molar-refractivity contribution >= 4 is 11.6 Å². The van der Waals surface area contributed by atoms with Crippen molar-refractivity contribution in [3.8, 4) is 11.5 Å². The van der Waals surface area contributed by atoms with Gasteiger partial charge in [0.1, 0.15) is 17.3 Å². The number of ether oxygens (including phenoxy) is 1. The fourth-order valence-electron chi connectivity index (χ4n) is 3.32. The maximum atomic E-state index is 15.0. The van der Waals surface area contributed by atoms with Crippen LogP contribution >= 0.6 is 11.6 Å². The summed E-state index contributed by atoms with van der Waals surface area (Å²) in [6.07, 6.45) is 3.92. The highest BCUT2D eigenvalue weighted by atomic mass is 35.5. The van der Waals surface area contributed by atoms with Crippen LogP contribution in [0.25, 0.3) is 0 Å². The molecule has 0 atom stereocenters. The minimum atomic E-state index is -0.456. The van der Waals surface area contributed by atoms with Crippen LogP contribution in [0.1, 0.15) is 24.0 Å². The zero-order chi connectivity index (χ0) is 18.7. The van der Waals surface area contributed by atoms with Crippen molar-refractivity contribution in [1.82, 2.24) is 0 Å². The fourth-order valence-corrected chi connectivity index (χ4v) is 3.45. The Morgan fingerprint density at radius 1 is 0.926 bits per heavy atom. The van der Waals surface area contributed by atoms with Gasteiger partial charge in [0.05, 0.1) is 0 Å². The van der Waals surface area contributed by atoms with Crippen molar-refractivity contribution in [1.29, 1.82) is 0 Å². The first kappa shape index (κ1) is 17.8. The molecule has 0 radical (unpaired) electrons. The van der Waals surface area contributed by atoms with Crippen LogP contribution < -0.4 is 4.74 Å². The summed E-state index contributed by atoms with van der Waals surface area (Å²) >= 11 is 5.96. The first-order chi connectivity index (χ1) is 13.2. The lowest BCUT2D eigenvalue weighted by molar-refractivity contribution is 0.482. The number of para-hydroxylation sites is 1. The molecule has 27 heavy (non-hydrogen) atoms. The molecule has 0 aromatic heterocycles. The molecule has 0 amide bonds. The lowest BCUT2D eigenvalue weighted by Gasteiger charge is -2.14. The van der Waals surface area contributed by atoms with Gasteiger partial charge in [-0.1, -0.05) is 54.1 Å². The van der Waals surface area contributed by atoms with Gasteiger partial charge in [-0.05, 0) is 72.9 Å². The van der Waals surface area contributed by atoms with Crippen LogP contribution in [-0.2, 0) is 11.8 Å². The molecule has 0 N–H and O–H groups in total. The first-order valence-electron chi connectivity index (χ1n) is 9.10. The number of hydrogen-bond donors (Lipinski definition) is 0. The van der Waals surface area contributed by atoms with Crippen molar-refractivity contribution in [2.45, 2.75) is 24.7 Å². The molecule has 1 aliphatic carbocycles. The van der Waals surface area contributed by atoms with E-state index in [2.05, 4.69) is 0 Å². The molecule has 0 heterocycles. The average Bonchev–Trinajstić information content (AvgIpc) is 3.50. The molecule has 1 saturated carbocycles. The van der Waals surface area contributed by atoms with Gasteiger partial charge in [0.2, 0.25) is 0 Å². The van der Waals surface area contributed by atoms with Crippen LogP contribution in [0, 0.1) is 0 Å². The Balaban J connectivity index is 1.48. The minimum Gasteiger partial charge on any atom is -0.457 e. The summed E-state index contributed by atoms with van der Waals surface area (Å²) in [7, 11) is 0. The largest absolute Gasteiger partial charge is 0.457 e. The van der Waals surface area contributed by atoms with E-state index in [0.29, 0.717) is 11.4 Å². The van der Waals surface area contributed by atoms with Crippen LogP contribution in [0.4, 0.5) is 4.39 Å². The van der Waals surface area contributed by atoms with Gasteiger partial charge in [-0.25, -0.2) is 4.39 Å². The molecular weight excluding hydrogens is 359 g/mol. The van der Waals surface area contributed by atoms with E-state index in [1.54, 1.807) is 6.08 Å². The third kappa shape index (κ3) is 4.06. The summed E-state index contributed by atoms with van der Waals surface area (Å²) in [6.45, 7) is 0. The van der Waals surface area contributed by atoms with Gasteiger partial charge < -0.3 is 4.74 Å². The third-order valence-corrected chi connectivity index (χ3v) is 5.25. The molecule has 0 unspecified atom stereocenters. The Labute approximate surface area is 164 Å². The second kappa shape index (κ2) is 7.58. The quantitative estimate of drug-likeness (QED) is 0.438. The summed E-state index contributed by atoms with van der Waals surface area (Å²) < 4.78 is 20.8. The van der Waals surface area contributed by atoms with Crippen LogP contribution in [0.5, 0.6) is 11.5 Å². The molecule has 136 valence electrons. The molecule has 0 bridgehead atoms. The Hall–Kier alpha value is -2.58. The van der Waals surface area contributed by atoms with E-state index >= 15 is 0 Å².